The van der Waals surface area contributed by atoms with Crippen molar-refractivity contribution in [2.45, 2.75) is 39.5 Å². The summed E-state index contributed by atoms with van der Waals surface area (Å²) in [4.78, 5) is 4.28. The van der Waals surface area contributed by atoms with Gasteiger partial charge in [0.1, 0.15) is 11.9 Å². The first-order valence-corrected chi connectivity index (χ1v) is 10.5. The number of nitrogens with zero attached hydrogens (tertiary/aromatic N) is 5. The molecule has 1 aliphatic rings. The highest BCUT2D eigenvalue weighted by Crippen LogP contribution is 2.38. The standard InChI is InChI=1S/C23H21F3N6O/c1-3-31-21-13(10-29-31)6-15-11-32(23(25)26)30-20(15)17-5-4-16(24)8-18(17)12(2)33-19-7-14(21)9-28-22(19)27/h4-5,7-12,23H,3,6H2,1-2H3,(H2,27,28)/t12-/m1/s1. The van der Waals surface area contributed by atoms with Gasteiger partial charge in [-0.3, -0.25) is 4.68 Å². The van der Waals surface area contributed by atoms with Crippen LogP contribution in [0, 0.1) is 5.82 Å². The molecule has 1 aliphatic heterocycles. The molecule has 0 spiro atoms. The number of fused-ring (bicyclic) bond motifs is 7. The predicted molar refractivity (Wildman–Crippen MR) is 116 cm³/mol. The van der Waals surface area contributed by atoms with E-state index in [0.717, 1.165) is 16.8 Å². The first kappa shape index (κ1) is 21.0. The third-order valence-electron chi connectivity index (χ3n) is 5.77. The number of rotatable bonds is 2. The van der Waals surface area contributed by atoms with Gasteiger partial charge in [-0.05, 0) is 38.1 Å². The van der Waals surface area contributed by atoms with Gasteiger partial charge in [-0.15, -0.1) is 0 Å². The van der Waals surface area contributed by atoms with Gasteiger partial charge in [0.05, 0.1) is 17.6 Å². The number of nitrogen functional groups attached to an aromatic ring is 1. The summed E-state index contributed by atoms with van der Waals surface area (Å²) in [5.74, 6) is 0.0498. The van der Waals surface area contributed by atoms with Gasteiger partial charge in [0.25, 0.3) is 0 Å². The molecule has 10 heteroatoms. The highest BCUT2D eigenvalue weighted by atomic mass is 19.3. The van der Waals surface area contributed by atoms with E-state index in [1.54, 1.807) is 25.4 Å². The summed E-state index contributed by atoms with van der Waals surface area (Å²) < 4.78 is 49.9. The molecule has 0 amide bonds. The molecular weight excluding hydrogens is 433 g/mol. The zero-order chi connectivity index (χ0) is 23.3. The maximum atomic E-state index is 14.2. The Morgan fingerprint density at radius 1 is 1.21 bits per heavy atom. The van der Waals surface area contributed by atoms with Crippen LogP contribution in [0.2, 0.25) is 0 Å². The smallest absolute Gasteiger partial charge is 0.333 e. The van der Waals surface area contributed by atoms with Crippen LogP contribution in [0.15, 0.2) is 42.9 Å². The Bertz CT molecular complexity index is 1350. The minimum atomic E-state index is -2.82. The third-order valence-corrected chi connectivity index (χ3v) is 5.77. The lowest BCUT2D eigenvalue weighted by molar-refractivity contribution is 0.0567. The van der Waals surface area contributed by atoms with E-state index < -0.39 is 18.5 Å². The number of halogens is 3. The number of benzene rings is 1. The van der Waals surface area contributed by atoms with Crippen molar-refractivity contribution in [3.8, 4) is 28.3 Å². The lowest BCUT2D eigenvalue weighted by Gasteiger charge is -2.21. The zero-order valence-electron chi connectivity index (χ0n) is 18.0. The fourth-order valence-electron chi connectivity index (χ4n) is 4.24. The topological polar surface area (TPSA) is 83.8 Å². The first-order chi connectivity index (χ1) is 15.9. The number of alkyl halides is 2. The zero-order valence-corrected chi connectivity index (χ0v) is 18.0. The Kier molecular flexibility index (Phi) is 5.07. The molecule has 7 nitrogen and oxygen atoms in total. The van der Waals surface area contributed by atoms with Crippen LogP contribution in [0.4, 0.5) is 19.0 Å². The van der Waals surface area contributed by atoms with Gasteiger partial charge < -0.3 is 10.5 Å². The van der Waals surface area contributed by atoms with Gasteiger partial charge in [-0.1, -0.05) is 0 Å². The molecule has 0 radical (unpaired) electrons. The molecule has 4 aromatic rings. The summed E-state index contributed by atoms with van der Waals surface area (Å²) in [5.41, 5.74) is 10.3. The lowest BCUT2D eigenvalue weighted by atomic mass is 9.95. The van der Waals surface area contributed by atoms with Gasteiger partial charge in [-0.2, -0.15) is 19.0 Å². The summed E-state index contributed by atoms with van der Waals surface area (Å²) in [7, 11) is 0. The second-order valence-electron chi connectivity index (χ2n) is 7.87. The maximum Gasteiger partial charge on any atom is 0.333 e. The van der Waals surface area contributed by atoms with Crippen LogP contribution in [0.1, 0.15) is 43.2 Å². The fraction of sp³-hybridized carbons (Fsp3) is 0.261. The molecule has 0 saturated heterocycles. The van der Waals surface area contributed by atoms with Crippen LogP contribution < -0.4 is 10.5 Å². The first-order valence-electron chi connectivity index (χ1n) is 10.5. The van der Waals surface area contributed by atoms with Crippen LogP contribution in [0.5, 0.6) is 5.75 Å². The van der Waals surface area contributed by atoms with Crippen LogP contribution >= 0.6 is 0 Å². The Hall–Kier alpha value is -3.82. The number of aryl methyl sites for hydroxylation is 1. The molecular formula is C23H21F3N6O. The van der Waals surface area contributed by atoms with Crippen LogP contribution in [-0.2, 0) is 13.0 Å². The molecule has 0 fully saturated rings. The van der Waals surface area contributed by atoms with Crippen LogP contribution in [0.25, 0.3) is 22.5 Å². The van der Waals surface area contributed by atoms with Crippen molar-refractivity contribution in [3.05, 3.63) is 65.4 Å². The number of anilines is 1. The molecule has 170 valence electrons. The van der Waals surface area contributed by atoms with Crippen molar-refractivity contribution in [3.63, 3.8) is 0 Å². The molecule has 0 saturated carbocycles. The number of pyridine rings is 1. The van der Waals surface area contributed by atoms with Gasteiger partial charge >= 0.3 is 6.55 Å². The van der Waals surface area contributed by atoms with Crippen LogP contribution in [0.3, 0.4) is 0 Å². The maximum absolute atomic E-state index is 14.2. The fourth-order valence-corrected chi connectivity index (χ4v) is 4.24. The van der Waals surface area contributed by atoms with E-state index in [1.807, 2.05) is 11.6 Å². The molecule has 0 unspecified atom stereocenters. The molecule has 3 aromatic heterocycles. The Morgan fingerprint density at radius 3 is 2.79 bits per heavy atom. The molecule has 2 bridgehead atoms. The second-order valence-corrected chi connectivity index (χ2v) is 7.87. The molecule has 4 heterocycles. The van der Waals surface area contributed by atoms with Crippen molar-refractivity contribution >= 4 is 5.82 Å². The minimum absolute atomic E-state index is 0.187. The van der Waals surface area contributed by atoms with Crippen molar-refractivity contribution in [2.75, 3.05) is 5.73 Å². The summed E-state index contributed by atoms with van der Waals surface area (Å²) in [6.45, 7) is 1.47. The lowest BCUT2D eigenvalue weighted by Crippen LogP contribution is -2.10. The molecule has 1 aromatic carbocycles. The van der Waals surface area contributed by atoms with E-state index in [4.69, 9.17) is 10.5 Å². The quantitative estimate of drug-likeness (QED) is 0.461. The number of aromatic nitrogens is 5. The van der Waals surface area contributed by atoms with Crippen molar-refractivity contribution < 1.29 is 17.9 Å². The van der Waals surface area contributed by atoms with Crippen LogP contribution in [-0.4, -0.2) is 24.5 Å². The van der Waals surface area contributed by atoms with E-state index in [2.05, 4.69) is 15.2 Å². The minimum Gasteiger partial charge on any atom is -0.482 e. The van der Waals surface area contributed by atoms with Gasteiger partial charge in [0.2, 0.25) is 0 Å². The average molecular weight is 454 g/mol. The summed E-state index contributed by atoms with van der Waals surface area (Å²) in [6, 6.07) is 5.91. The van der Waals surface area contributed by atoms with Crippen molar-refractivity contribution in [1.29, 1.82) is 0 Å². The second kappa shape index (κ2) is 7.95. The van der Waals surface area contributed by atoms with Gasteiger partial charge in [-0.25, -0.2) is 14.1 Å². The van der Waals surface area contributed by atoms with E-state index in [0.29, 0.717) is 45.8 Å². The molecule has 5 rings (SSSR count). The summed E-state index contributed by atoms with van der Waals surface area (Å²) in [5, 5.41) is 8.62. The normalized spacial score (nSPS) is 15.2. The van der Waals surface area contributed by atoms with E-state index in [1.165, 1.54) is 24.4 Å². The molecule has 2 N–H and O–H groups in total. The molecule has 0 aliphatic carbocycles. The third kappa shape index (κ3) is 3.61. The monoisotopic (exact) mass is 454 g/mol. The highest BCUT2D eigenvalue weighted by Gasteiger charge is 2.25. The van der Waals surface area contributed by atoms with Crippen molar-refractivity contribution in [1.82, 2.24) is 24.5 Å². The Morgan fingerprint density at radius 2 is 2.03 bits per heavy atom. The Labute approximate surface area is 187 Å². The van der Waals surface area contributed by atoms with Gasteiger partial charge in [0.15, 0.2) is 11.6 Å². The largest absolute Gasteiger partial charge is 0.482 e. The molecule has 1 atom stereocenters. The SMILES string of the molecule is CCn1ncc2c1-c1cnc(N)c(c1)O[C@H](C)c1cc(F)ccc1-c1nn(C(F)F)cc1C2. The van der Waals surface area contributed by atoms with E-state index in [9.17, 15) is 13.2 Å². The van der Waals surface area contributed by atoms with E-state index in [-0.39, 0.29) is 5.82 Å². The van der Waals surface area contributed by atoms with Gasteiger partial charge in [0, 0.05) is 53.2 Å². The summed E-state index contributed by atoms with van der Waals surface area (Å²) in [6.07, 6.45) is 4.30. The average Bonchev–Trinajstić information content (AvgIpc) is 3.39. The Balaban J connectivity index is 1.81. The number of ether oxygens (including phenoxy) is 1. The predicted octanol–water partition coefficient (Wildman–Crippen LogP) is 4.99. The number of hydrogen-bond donors (Lipinski definition) is 1. The highest BCUT2D eigenvalue weighted by molar-refractivity contribution is 5.71. The van der Waals surface area contributed by atoms with E-state index >= 15 is 0 Å². The number of hydrogen-bond acceptors (Lipinski definition) is 5. The molecule has 33 heavy (non-hydrogen) atoms. The number of nitrogens with two attached hydrogens (primary N) is 1. The van der Waals surface area contributed by atoms with Crippen molar-refractivity contribution in [2.24, 2.45) is 0 Å². The summed E-state index contributed by atoms with van der Waals surface area (Å²) >= 11 is 0.